The highest BCUT2D eigenvalue weighted by atomic mass is 35.5. The van der Waals surface area contributed by atoms with Gasteiger partial charge in [-0.25, -0.2) is 17.8 Å². The van der Waals surface area contributed by atoms with Crippen LogP contribution in [-0.4, -0.2) is 56.6 Å². The Labute approximate surface area is 185 Å². The van der Waals surface area contributed by atoms with Gasteiger partial charge in [0.15, 0.2) is 5.13 Å². The van der Waals surface area contributed by atoms with Gasteiger partial charge in [0, 0.05) is 42.8 Å². The van der Waals surface area contributed by atoms with Crippen LogP contribution in [0.5, 0.6) is 0 Å². The highest BCUT2D eigenvalue weighted by Gasteiger charge is 2.34. The minimum absolute atomic E-state index is 0.122. The molecule has 1 aromatic carbocycles. The van der Waals surface area contributed by atoms with Crippen LogP contribution in [0.15, 0.2) is 28.6 Å². The number of likely N-dealkylation sites (N-methyl/N-ethyl adjacent to an activating group) is 1. The van der Waals surface area contributed by atoms with Crippen LogP contribution < -0.4 is 15.4 Å². The van der Waals surface area contributed by atoms with Crippen molar-refractivity contribution in [3.8, 4) is 0 Å². The minimum atomic E-state index is -4.12. The number of hydrogen-bond donors (Lipinski definition) is 3. The van der Waals surface area contributed by atoms with Gasteiger partial charge in [-0.2, -0.15) is 0 Å². The van der Waals surface area contributed by atoms with E-state index in [1.165, 1.54) is 12.3 Å². The van der Waals surface area contributed by atoms with Gasteiger partial charge in [0.25, 0.3) is 10.0 Å². The Kier molecular flexibility index (Phi) is 6.50. The van der Waals surface area contributed by atoms with Gasteiger partial charge in [-0.05, 0) is 32.0 Å². The van der Waals surface area contributed by atoms with Crippen LogP contribution in [0, 0.1) is 5.82 Å². The van der Waals surface area contributed by atoms with Crippen LogP contribution in [-0.2, 0) is 10.0 Å². The number of hydrogen-bond acceptors (Lipinski definition) is 7. The van der Waals surface area contributed by atoms with Crippen LogP contribution in [0.1, 0.15) is 25.7 Å². The second-order valence-corrected chi connectivity index (χ2v) is 10.7. The minimum Gasteiger partial charge on any atom is -0.379 e. The molecule has 2 heterocycles. The number of anilines is 2. The first-order valence-electron chi connectivity index (χ1n) is 9.95. The van der Waals surface area contributed by atoms with Crippen LogP contribution >= 0.6 is 22.9 Å². The molecule has 0 bridgehead atoms. The largest absolute Gasteiger partial charge is 0.379 e. The molecule has 0 amide bonds. The van der Waals surface area contributed by atoms with Crippen molar-refractivity contribution in [2.75, 3.05) is 30.2 Å². The maximum atomic E-state index is 14.8. The number of nitrogens with zero attached hydrogens (tertiary/aromatic N) is 2. The molecule has 0 spiro atoms. The van der Waals surface area contributed by atoms with E-state index in [0.717, 1.165) is 56.2 Å². The first-order valence-corrected chi connectivity index (χ1v) is 12.7. The van der Waals surface area contributed by atoms with E-state index in [1.54, 1.807) is 5.38 Å². The Morgan fingerprint density at radius 1 is 1.30 bits per heavy atom. The zero-order chi connectivity index (χ0) is 21.3. The van der Waals surface area contributed by atoms with Gasteiger partial charge >= 0.3 is 0 Å². The molecule has 1 saturated carbocycles. The van der Waals surface area contributed by atoms with Crippen molar-refractivity contribution in [1.82, 2.24) is 15.2 Å². The third-order valence-corrected chi connectivity index (χ3v) is 8.38. The van der Waals surface area contributed by atoms with E-state index in [0.29, 0.717) is 17.8 Å². The normalized spacial score (nSPS) is 22.7. The molecule has 0 unspecified atom stereocenters. The average molecular weight is 474 g/mol. The highest BCUT2D eigenvalue weighted by molar-refractivity contribution is 7.93. The van der Waals surface area contributed by atoms with Gasteiger partial charge in [0.2, 0.25) is 0 Å². The van der Waals surface area contributed by atoms with E-state index in [2.05, 4.69) is 32.3 Å². The predicted octanol–water partition coefficient (Wildman–Crippen LogP) is 3.36. The number of rotatable bonds is 7. The summed E-state index contributed by atoms with van der Waals surface area (Å²) < 4.78 is 42.2. The number of aromatic nitrogens is 1. The monoisotopic (exact) mass is 473 g/mol. The Hall–Kier alpha value is -1.46. The maximum absolute atomic E-state index is 14.8. The second kappa shape index (κ2) is 8.96. The van der Waals surface area contributed by atoms with Crippen LogP contribution in [0.4, 0.5) is 15.2 Å². The van der Waals surface area contributed by atoms with E-state index in [9.17, 15) is 12.8 Å². The van der Waals surface area contributed by atoms with Crippen molar-refractivity contribution >= 4 is 43.8 Å². The summed E-state index contributed by atoms with van der Waals surface area (Å²) in [5.41, 5.74) is 0.416. The van der Waals surface area contributed by atoms with Crippen molar-refractivity contribution in [3.63, 3.8) is 0 Å². The number of thiazole rings is 1. The van der Waals surface area contributed by atoms with E-state index < -0.39 is 20.7 Å². The molecule has 2 aromatic rings. The number of nitrogens with one attached hydrogen (secondary N) is 3. The zero-order valence-corrected chi connectivity index (χ0v) is 19.0. The Balaban J connectivity index is 1.54. The SMILES string of the molecule is CN(C1CNC1)[C@H]1CCCC[C@@H]1Nc1cc(F)c(S(=O)(=O)Nc2nccs2)cc1Cl. The van der Waals surface area contributed by atoms with Crippen molar-refractivity contribution in [2.45, 2.75) is 48.7 Å². The summed E-state index contributed by atoms with van der Waals surface area (Å²) in [5, 5.41) is 8.66. The number of sulfonamides is 1. The van der Waals surface area contributed by atoms with Gasteiger partial charge in [-0.3, -0.25) is 9.62 Å². The molecule has 2 fully saturated rings. The fraction of sp³-hybridized carbons (Fsp3) is 0.526. The smallest absolute Gasteiger partial charge is 0.266 e. The van der Waals surface area contributed by atoms with Crippen molar-refractivity contribution in [3.05, 3.63) is 34.5 Å². The van der Waals surface area contributed by atoms with E-state index >= 15 is 0 Å². The fourth-order valence-corrected chi connectivity index (χ4v) is 6.25. The average Bonchev–Trinajstić information content (AvgIpc) is 3.15. The summed E-state index contributed by atoms with van der Waals surface area (Å²) in [6, 6.07) is 3.29. The summed E-state index contributed by atoms with van der Waals surface area (Å²) in [4.78, 5) is 5.78. The third-order valence-electron chi connectivity index (χ3n) is 5.89. The fourth-order valence-electron chi connectivity index (χ4n) is 4.09. The topological polar surface area (TPSA) is 86.4 Å². The molecule has 1 aliphatic carbocycles. The van der Waals surface area contributed by atoms with E-state index in [4.69, 9.17) is 11.6 Å². The molecule has 2 atom stereocenters. The molecule has 1 aromatic heterocycles. The van der Waals surface area contributed by atoms with E-state index in [-0.39, 0.29) is 16.2 Å². The molecular weight excluding hydrogens is 449 g/mol. The standard InChI is InChI=1S/C19H25ClFN5O2S2/c1-26(12-10-22-11-12)17-5-3-2-4-15(17)24-16-9-14(21)18(8-13(16)20)30(27,28)25-19-23-6-7-29-19/h6-9,12,15,17,22,24H,2-5,10-11H2,1H3,(H,23,25)/t15-,17-/m0/s1. The Bertz CT molecular complexity index is 985. The second-order valence-electron chi connectivity index (χ2n) is 7.79. The lowest BCUT2D eigenvalue weighted by Gasteiger charge is -2.45. The molecular formula is C19H25ClFN5O2S2. The molecule has 3 N–H and O–H groups in total. The molecule has 11 heteroatoms. The van der Waals surface area contributed by atoms with Gasteiger partial charge in [0.05, 0.1) is 10.7 Å². The van der Waals surface area contributed by atoms with Gasteiger partial charge < -0.3 is 10.6 Å². The van der Waals surface area contributed by atoms with Gasteiger partial charge in [0.1, 0.15) is 10.7 Å². The predicted molar refractivity (Wildman–Crippen MR) is 118 cm³/mol. The summed E-state index contributed by atoms with van der Waals surface area (Å²) >= 11 is 7.49. The molecule has 164 valence electrons. The quantitative estimate of drug-likeness (QED) is 0.571. The van der Waals surface area contributed by atoms with Gasteiger partial charge in [-0.15, -0.1) is 11.3 Å². The molecule has 1 saturated heterocycles. The van der Waals surface area contributed by atoms with Crippen LogP contribution in [0.3, 0.4) is 0 Å². The van der Waals surface area contributed by atoms with Crippen LogP contribution in [0.25, 0.3) is 0 Å². The zero-order valence-electron chi connectivity index (χ0n) is 16.6. The molecule has 1 aliphatic heterocycles. The summed E-state index contributed by atoms with van der Waals surface area (Å²) in [6.45, 7) is 1.96. The number of benzene rings is 1. The van der Waals surface area contributed by atoms with Crippen molar-refractivity contribution < 1.29 is 12.8 Å². The summed E-state index contributed by atoms with van der Waals surface area (Å²) in [6.07, 6.45) is 5.74. The van der Waals surface area contributed by atoms with Gasteiger partial charge in [-0.1, -0.05) is 24.4 Å². The summed E-state index contributed by atoms with van der Waals surface area (Å²) in [5.74, 6) is -0.852. The molecule has 2 aliphatic rings. The van der Waals surface area contributed by atoms with E-state index in [1.807, 2.05) is 0 Å². The molecule has 0 radical (unpaired) electrons. The number of halogens is 2. The maximum Gasteiger partial charge on any atom is 0.266 e. The Morgan fingerprint density at radius 2 is 2.07 bits per heavy atom. The molecule has 30 heavy (non-hydrogen) atoms. The lowest BCUT2D eigenvalue weighted by molar-refractivity contribution is 0.0944. The summed E-state index contributed by atoms with van der Waals surface area (Å²) in [7, 11) is -1.98. The Morgan fingerprint density at radius 3 is 2.73 bits per heavy atom. The lowest BCUT2D eigenvalue weighted by atomic mass is 9.88. The van der Waals surface area contributed by atoms with Crippen molar-refractivity contribution in [1.29, 1.82) is 0 Å². The van der Waals surface area contributed by atoms with Crippen LogP contribution in [0.2, 0.25) is 5.02 Å². The molecule has 7 nitrogen and oxygen atoms in total. The molecule has 4 rings (SSSR count). The first-order chi connectivity index (χ1) is 14.3. The highest BCUT2D eigenvalue weighted by Crippen LogP contribution is 2.33. The first kappa shape index (κ1) is 21.8. The lowest BCUT2D eigenvalue weighted by Crippen LogP contribution is -2.61. The van der Waals surface area contributed by atoms with Crippen molar-refractivity contribution in [2.24, 2.45) is 0 Å². The third kappa shape index (κ3) is 4.57.